The van der Waals surface area contributed by atoms with Crippen LogP contribution in [0.25, 0.3) is 31.6 Å². The van der Waals surface area contributed by atoms with Crippen LogP contribution in [0, 0.1) is 0 Å². The van der Waals surface area contributed by atoms with Crippen molar-refractivity contribution in [1.82, 2.24) is 19.9 Å². The van der Waals surface area contributed by atoms with Crippen molar-refractivity contribution in [2.75, 3.05) is 0 Å². The molecule has 18 aromatic rings. The second-order valence-electron chi connectivity index (χ2n) is 27.7. The summed E-state index contributed by atoms with van der Waals surface area (Å²) in [6.45, 7) is 8.04. The van der Waals surface area contributed by atoms with Crippen molar-refractivity contribution in [2.45, 2.75) is 38.9 Å². The predicted octanol–water partition coefficient (Wildman–Crippen LogP) is 22.9. The Labute approximate surface area is 745 Å². The third-order valence-electron chi connectivity index (χ3n) is 19.2. The van der Waals surface area contributed by atoms with Crippen molar-refractivity contribution in [3.8, 4) is 11.1 Å². The molecule has 0 bridgehead atoms. The van der Waals surface area contributed by atoms with Crippen LogP contribution >= 0.6 is 93.5 Å². The van der Waals surface area contributed by atoms with E-state index in [0.717, 1.165) is 32.1 Å². The number of benzene rings is 14. The van der Waals surface area contributed by atoms with E-state index in [9.17, 15) is 0 Å². The minimum Gasteiger partial charge on any atom is -0.399 e. The van der Waals surface area contributed by atoms with E-state index in [1.165, 1.54) is 73.1 Å². The van der Waals surface area contributed by atoms with E-state index < -0.39 is 38.8 Å². The molecule has 4 aromatic heterocycles. The molecule has 6 nitrogen and oxygen atoms in total. The van der Waals surface area contributed by atoms with E-state index >= 15 is 0 Å². The van der Waals surface area contributed by atoms with E-state index in [1.807, 2.05) is 87.2 Å². The summed E-state index contributed by atoms with van der Waals surface area (Å²) >= 11 is 18.8. The third-order valence-corrected chi connectivity index (χ3v) is 31.7. The molecule has 0 radical (unpaired) electrons. The molecular formula is C102H86BBrCl2N4O2P4PdS2. The summed E-state index contributed by atoms with van der Waals surface area (Å²) in [5, 5.41) is 17.7. The topological polar surface area (TPSA) is 70.0 Å². The molecule has 119 heavy (non-hydrogen) atoms. The van der Waals surface area contributed by atoms with Gasteiger partial charge in [0.05, 0.1) is 42.7 Å². The summed E-state index contributed by atoms with van der Waals surface area (Å²) in [6, 6.07) is 149. The van der Waals surface area contributed by atoms with Crippen molar-refractivity contribution in [2.24, 2.45) is 0 Å². The van der Waals surface area contributed by atoms with E-state index in [1.54, 1.807) is 35.1 Å². The van der Waals surface area contributed by atoms with Gasteiger partial charge in [0.25, 0.3) is 0 Å². The molecule has 14 aromatic carbocycles. The Balaban J connectivity index is 0.000000128. The first-order valence-corrected chi connectivity index (χ1v) is 47.2. The first-order chi connectivity index (χ1) is 57.8. The molecule has 592 valence electrons. The maximum Gasteiger partial charge on any atom is 0.498 e. The SMILES string of the molecule is Brc1ccc2scnc2c1.CC1(C)OB(c2cccnc2Cl)OC1(C)C.Clc1ncccc1-c1ccc2scnc2c1.[Pd].c1ccc(P(c2ccccc2)c2ccccc2)cc1.c1ccc(P(c2ccccc2)c2ccccc2)cc1.c1ccc(P(c2ccccc2)c2ccccc2)cc1.c1ccc(P(c2ccccc2)c2ccccc2)cc1. The minimum atomic E-state index is -0.446. The van der Waals surface area contributed by atoms with Gasteiger partial charge in [0, 0.05) is 48.3 Å². The van der Waals surface area contributed by atoms with Crippen molar-refractivity contribution >= 4 is 190 Å². The molecule has 0 atom stereocenters. The quantitative estimate of drug-likeness (QED) is 0.0614. The Morgan fingerprint density at radius 3 is 0.790 bits per heavy atom. The molecule has 5 heterocycles. The van der Waals surface area contributed by atoms with Gasteiger partial charge >= 0.3 is 7.12 Å². The summed E-state index contributed by atoms with van der Waals surface area (Å²) in [7, 11) is -2.22. The van der Waals surface area contributed by atoms with Gasteiger partial charge in [-0.25, -0.2) is 19.9 Å². The molecule has 0 N–H and O–H groups in total. The molecule has 1 aliphatic heterocycles. The predicted molar refractivity (Wildman–Crippen MR) is 521 cm³/mol. The van der Waals surface area contributed by atoms with Gasteiger partial charge in [0.15, 0.2) is 0 Å². The average molecular weight is 1860 g/mol. The van der Waals surface area contributed by atoms with Gasteiger partial charge in [-0.15, -0.1) is 22.7 Å². The molecule has 0 unspecified atom stereocenters. The molecule has 0 amide bonds. The summed E-state index contributed by atoms with van der Waals surface area (Å²) in [6.07, 6.45) is 3.34. The Morgan fingerprint density at radius 2 is 0.529 bits per heavy atom. The number of pyridine rings is 2. The van der Waals surface area contributed by atoms with Gasteiger partial charge in [-0.2, -0.15) is 0 Å². The Kier molecular flexibility index (Phi) is 34.2. The number of aromatic nitrogens is 4. The van der Waals surface area contributed by atoms with Crippen molar-refractivity contribution in [1.29, 1.82) is 0 Å². The molecule has 0 aliphatic carbocycles. The van der Waals surface area contributed by atoms with Gasteiger partial charge < -0.3 is 9.31 Å². The Bertz CT molecular complexity index is 5110. The van der Waals surface area contributed by atoms with Crippen LogP contribution in [0.3, 0.4) is 0 Å². The third kappa shape index (κ3) is 25.1. The second-order valence-corrected chi connectivity index (χ2v) is 40.0. The summed E-state index contributed by atoms with van der Waals surface area (Å²) in [4.78, 5) is 16.6. The largest absolute Gasteiger partial charge is 0.498 e. The van der Waals surface area contributed by atoms with Crippen molar-refractivity contribution in [3.63, 3.8) is 0 Å². The van der Waals surface area contributed by atoms with Crippen LogP contribution in [-0.2, 0) is 29.7 Å². The molecule has 17 heteroatoms. The van der Waals surface area contributed by atoms with Crippen LogP contribution < -0.4 is 69.1 Å². The first kappa shape index (κ1) is 88.9. The fourth-order valence-electron chi connectivity index (χ4n) is 12.7. The molecule has 1 saturated heterocycles. The van der Waals surface area contributed by atoms with Crippen LogP contribution in [0.4, 0.5) is 0 Å². The standard InChI is InChI=1S/4C18H15P.C12H7ClN2S.C11H15BClNO2.C7H4BrNS.Pd/c4*1-4-10-16(11-5-1)19(17-12-6-2-7-13-17)18-14-8-3-9-15-18;13-12-9(2-1-5-14-12)8-3-4-11-10(6-8)15-7-16-11;1-10(2)11(3,4)16-12(15-10)8-6-5-7-14-9(8)13;8-5-1-2-7-6(3-5)9-4-10-7;/h4*1-15H;1-7H;5-7H,1-4H3;1-4H;. The van der Waals surface area contributed by atoms with Crippen LogP contribution in [0.15, 0.2) is 453 Å². The maximum absolute atomic E-state index is 6.05. The van der Waals surface area contributed by atoms with Gasteiger partial charge in [0.1, 0.15) is 10.3 Å². The molecule has 0 spiro atoms. The van der Waals surface area contributed by atoms with Gasteiger partial charge in [-0.3, -0.25) is 0 Å². The van der Waals surface area contributed by atoms with Crippen molar-refractivity contribution < 1.29 is 29.7 Å². The Morgan fingerprint density at radius 1 is 0.286 bits per heavy atom. The van der Waals surface area contributed by atoms with E-state index in [2.05, 4.69) is 412 Å². The monoisotopic (exact) mass is 1850 g/mol. The molecule has 0 saturated carbocycles. The molecular weight excluding hydrogens is 1770 g/mol. The molecule has 1 fully saturated rings. The summed E-state index contributed by atoms with van der Waals surface area (Å²) in [5.74, 6) is 0. The smallest absolute Gasteiger partial charge is 0.399 e. The maximum atomic E-state index is 6.05. The van der Waals surface area contributed by atoms with E-state index in [-0.39, 0.29) is 31.6 Å². The number of hydrogen-bond donors (Lipinski definition) is 0. The number of hydrogen-bond acceptors (Lipinski definition) is 8. The first-order valence-electron chi connectivity index (χ1n) is 38.5. The zero-order chi connectivity index (χ0) is 81.6. The number of thiazole rings is 2. The molecule has 19 rings (SSSR count). The molecule has 1 aliphatic rings. The van der Waals surface area contributed by atoms with Crippen LogP contribution in [0.2, 0.25) is 10.3 Å². The summed E-state index contributed by atoms with van der Waals surface area (Å²) in [5.41, 5.74) is 7.85. The minimum absolute atomic E-state index is 0. The zero-order valence-electron chi connectivity index (χ0n) is 66.0. The second kappa shape index (κ2) is 45.8. The fraction of sp³-hybridized carbons (Fsp3) is 0.0588. The Hall–Kier alpha value is -9.41. The van der Waals surface area contributed by atoms with Crippen LogP contribution in [0.5, 0.6) is 0 Å². The van der Waals surface area contributed by atoms with Crippen LogP contribution in [-0.4, -0.2) is 38.3 Å². The van der Waals surface area contributed by atoms with Crippen LogP contribution in [0.1, 0.15) is 27.7 Å². The number of nitrogens with zero attached hydrogens (tertiary/aromatic N) is 4. The van der Waals surface area contributed by atoms with Gasteiger partial charge in [-0.05, 0) is 177 Å². The van der Waals surface area contributed by atoms with E-state index in [4.69, 9.17) is 32.5 Å². The zero-order valence-corrected chi connectivity index (χ0v) is 75.8. The van der Waals surface area contributed by atoms with Gasteiger partial charge in [0.2, 0.25) is 0 Å². The normalized spacial score (nSPS) is 12.1. The van der Waals surface area contributed by atoms with Crippen molar-refractivity contribution in [3.05, 3.63) is 463 Å². The number of halogens is 3. The fourth-order valence-corrected chi connectivity index (χ4v) is 24.0. The van der Waals surface area contributed by atoms with E-state index in [0.29, 0.717) is 10.3 Å². The average Bonchev–Trinajstić information content (AvgIpc) is 1.62. The number of fused-ring (bicyclic) bond motifs is 2. The van der Waals surface area contributed by atoms with Gasteiger partial charge in [-0.1, -0.05) is 415 Å². The number of rotatable bonds is 14. The summed E-state index contributed by atoms with van der Waals surface area (Å²) < 4.78 is 15.3.